The summed E-state index contributed by atoms with van der Waals surface area (Å²) in [5.74, 6) is 2.27. The van der Waals surface area contributed by atoms with E-state index in [1.54, 1.807) is 19.0 Å². The normalized spacial score (nSPS) is 10.1. The van der Waals surface area contributed by atoms with Gasteiger partial charge in [-0.1, -0.05) is 6.92 Å². The maximum Gasteiger partial charge on any atom is 0.241 e. The topological polar surface area (TPSA) is 70.2 Å². The third-order valence-electron chi connectivity index (χ3n) is 2.65. The molecular weight excluding hydrogens is 230 g/mol. The molecule has 1 aromatic rings. The van der Waals surface area contributed by atoms with Gasteiger partial charge < -0.3 is 15.5 Å². The summed E-state index contributed by atoms with van der Waals surface area (Å²) in [7, 11) is 5.28. The average Bonchev–Trinajstić information content (AvgIpc) is 2.36. The summed E-state index contributed by atoms with van der Waals surface area (Å²) < 4.78 is 0. The van der Waals surface area contributed by atoms with E-state index in [2.05, 4.69) is 20.6 Å². The number of rotatable bonds is 5. The summed E-state index contributed by atoms with van der Waals surface area (Å²) >= 11 is 0. The molecule has 0 aliphatic rings. The number of likely N-dealkylation sites (N-methyl/N-ethyl adjacent to an activating group) is 1. The average molecular weight is 251 g/mol. The van der Waals surface area contributed by atoms with Crippen molar-refractivity contribution in [1.29, 1.82) is 0 Å². The van der Waals surface area contributed by atoms with Gasteiger partial charge in [0, 0.05) is 33.1 Å². The van der Waals surface area contributed by atoms with Gasteiger partial charge in [-0.25, -0.2) is 9.97 Å². The largest absolute Gasteiger partial charge is 0.373 e. The van der Waals surface area contributed by atoms with Crippen molar-refractivity contribution < 1.29 is 4.79 Å². The molecule has 0 spiro atoms. The molecule has 18 heavy (non-hydrogen) atoms. The molecule has 0 unspecified atom stereocenters. The predicted octanol–water partition coefficient (Wildman–Crippen LogP) is 0.889. The van der Waals surface area contributed by atoms with E-state index < -0.39 is 0 Å². The van der Waals surface area contributed by atoms with Crippen LogP contribution in [0.4, 0.5) is 11.6 Å². The van der Waals surface area contributed by atoms with Gasteiger partial charge in [0.1, 0.15) is 17.5 Å². The van der Waals surface area contributed by atoms with E-state index in [9.17, 15) is 4.79 Å². The minimum Gasteiger partial charge on any atom is -0.373 e. The van der Waals surface area contributed by atoms with Crippen molar-refractivity contribution in [2.45, 2.75) is 20.3 Å². The Kier molecular flexibility index (Phi) is 4.88. The molecule has 0 radical (unpaired) electrons. The Morgan fingerprint density at radius 3 is 2.39 bits per heavy atom. The highest BCUT2D eigenvalue weighted by atomic mass is 16.2. The van der Waals surface area contributed by atoms with Crippen molar-refractivity contribution in [3.63, 3.8) is 0 Å². The van der Waals surface area contributed by atoms with Gasteiger partial charge in [-0.15, -0.1) is 0 Å². The summed E-state index contributed by atoms with van der Waals surface area (Å²) in [6, 6.07) is 0. The fourth-order valence-corrected chi connectivity index (χ4v) is 1.45. The maximum absolute atomic E-state index is 11.5. The first-order valence-electron chi connectivity index (χ1n) is 5.98. The van der Waals surface area contributed by atoms with Crippen LogP contribution in [0.2, 0.25) is 0 Å². The van der Waals surface area contributed by atoms with Gasteiger partial charge in [-0.05, 0) is 6.92 Å². The van der Waals surface area contributed by atoms with Gasteiger partial charge in [-0.3, -0.25) is 4.79 Å². The third-order valence-corrected chi connectivity index (χ3v) is 2.65. The zero-order valence-corrected chi connectivity index (χ0v) is 11.7. The quantitative estimate of drug-likeness (QED) is 0.813. The molecule has 6 nitrogen and oxygen atoms in total. The first kappa shape index (κ1) is 14.2. The Hall–Kier alpha value is -1.85. The molecule has 0 aromatic carbocycles. The van der Waals surface area contributed by atoms with E-state index in [1.807, 2.05) is 20.9 Å². The maximum atomic E-state index is 11.5. The number of hydrogen-bond acceptors (Lipinski definition) is 5. The number of hydrogen-bond donors (Lipinski definition) is 2. The number of nitrogens with zero attached hydrogens (tertiary/aromatic N) is 3. The highest BCUT2D eigenvalue weighted by Crippen LogP contribution is 2.19. The first-order valence-corrected chi connectivity index (χ1v) is 5.98. The van der Waals surface area contributed by atoms with Gasteiger partial charge in [0.25, 0.3) is 0 Å². The van der Waals surface area contributed by atoms with Crippen LogP contribution in [0.15, 0.2) is 0 Å². The summed E-state index contributed by atoms with van der Waals surface area (Å²) in [6.45, 7) is 4.16. The first-order chi connectivity index (χ1) is 8.49. The standard InChI is InChI=1S/C12H21N5O/c1-6-9-15-11(13-3)8(2)12(16-9)14-7-10(18)17(4)5/h6-7H2,1-5H3,(H2,13,14,15,16). The molecule has 0 aliphatic heterocycles. The number of anilines is 2. The molecule has 1 rings (SSSR count). The molecule has 1 aromatic heterocycles. The summed E-state index contributed by atoms with van der Waals surface area (Å²) in [6.07, 6.45) is 0.755. The van der Waals surface area contributed by atoms with Crippen molar-refractivity contribution in [1.82, 2.24) is 14.9 Å². The Labute approximate surface area is 108 Å². The van der Waals surface area contributed by atoms with E-state index in [4.69, 9.17) is 0 Å². The van der Waals surface area contributed by atoms with Crippen LogP contribution >= 0.6 is 0 Å². The fraction of sp³-hybridized carbons (Fsp3) is 0.583. The van der Waals surface area contributed by atoms with Gasteiger partial charge in [0.05, 0.1) is 6.54 Å². The minimum atomic E-state index is 0.0112. The van der Waals surface area contributed by atoms with Gasteiger partial charge in [-0.2, -0.15) is 0 Å². The lowest BCUT2D eigenvalue weighted by Crippen LogP contribution is -2.29. The van der Waals surface area contributed by atoms with Crippen LogP contribution in [0, 0.1) is 6.92 Å². The fourth-order valence-electron chi connectivity index (χ4n) is 1.45. The van der Waals surface area contributed by atoms with Crippen molar-refractivity contribution in [2.24, 2.45) is 0 Å². The Bertz CT molecular complexity index is 431. The molecule has 0 bridgehead atoms. The second-order valence-corrected chi connectivity index (χ2v) is 4.21. The Morgan fingerprint density at radius 1 is 1.28 bits per heavy atom. The van der Waals surface area contributed by atoms with Crippen LogP contribution < -0.4 is 10.6 Å². The molecule has 0 saturated carbocycles. The smallest absolute Gasteiger partial charge is 0.241 e. The van der Waals surface area contributed by atoms with Crippen LogP contribution in [-0.2, 0) is 11.2 Å². The molecule has 6 heteroatoms. The van der Waals surface area contributed by atoms with Crippen molar-refractivity contribution in [2.75, 3.05) is 38.3 Å². The SMILES string of the molecule is CCc1nc(NC)c(C)c(NCC(=O)N(C)C)n1. The van der Waals surface area contributed by atoms with Crippen LogP contribution in [0.3, 0.4) is 0 Å². The number of nitrogens with one attached hydrogen (secondary N) is 2. The minimum absolute atomic E-state index is 0.0112. The lowest BCUT2D eigenvalue weighted by molar-refractivity contribution is -0.126. The second kappa shape index (κ2) is 6.18. The Balaban J connectivity index is 2.90. The number of amides is 1. The highest BCUT2D eigenvalue weighted by molar-refractivity contribution is 5.80. The lowest BCUT2D eigenvalue weighted by Gasteiger charge is -2.15. The van der Waals surface area contributed by atoms with Gasteiger partial charge >= 0.3 is 0 Å². The van der Waals surface area contributed by atoms with E-state index in [0.29, 0.717) is 5.82 Å². The highest BCUT2D eigenvalue weighted by Gasteiger charge is 2.11. The van der Waals surface area contributed by atoms with Crippen LogP contribution in [0.25, 0.3) is 0 Å². The molecule has 0 atom stereocenters. The van der Waals surface area contributed by atoms with E-state index >= 15 is 0 Å². The van der Waals surface area contributed by atoms with E-state index in [1.165, 1.54) is 0 Å². The number of carbonyl (C=O) groups excluding carboxylic acids is 1. The molecular formula is C12H21N5O. The molecule has 0 saturated heterocycles. The van der Waals surface area contributed by atoms with Gasteiger partial charge in [0.2, 0.25) is 5.91 Å². The van der Waals surface area contributed by atoms with E-state index in [-0.39, 0.29) is 12.5 Å². The Morgan fingerprint density at radius 2 is 1.89 bits per heavy atom. The lowest BCUT2D eigenvalue weighted by atomic mass is 10.3. The summed E-state index contributed by atoms with van der Waals surface area (Å²) in [4.78, 5) is 21.9. The van der Waals surface area contributed by atoms with Crippen molar-refractivity contribution in [3.05, 3.63) is 11.4 Å². The molecule has 0 aliphatic carbocycles. The van der Waals surface area contributed by atoms with E-state index in [0.717, 1.165) is 23.6 Å². The predicted molar refractivity (Wildman–Crippen MR) is 72.9 cm³/mol. The number of carbonyl (C=O) groups is 1. The van der Waals surface area contributed by atoms with Gasteiger partial charge in [0.15, 0.2) is 0 Å². The molecule has 1 amide bonds. The van der Waals surface area contributed by atoms with Crippen molar-refractivity contribution in [3.8, 4) is 0 Å². The summed E-state index contributed by atoms with van der Waals surface area (Å²) in [5, 5.41) is 6.10. The van der Waals surface area contributed by atoms with Crippen LogP contribution in [0.5, 0.6) is 0 Å². The zero-order valence-electron chi connectivity index (χ0n) is 11.7. The molecule has 0 fully saturated rings. The zero-order chi connectivity index (χ0) is 13.7. The van der Waals surface area contributed by atoms with Crippen molar-refractivity contribution >= 4 is 17.5 Å². The van der Waals surface area contributed by atoms with Crippen LogP contribution in [0.1, 0.15) is 18.3 Å². The molecule has 2 N–H and O–H groups in total. The molecule has 1 heterocycles. The van der Waals surface area contributed by atoms with Crippen LogP contribution in [-0.4, -0.2) is 48.5 Å². The monoisotopic (exact) mass is 251 g/mol. The second-order valence-electron chi connectivity index (χ2n) is 4.21. The summed E-state index contributed by atoms with van der Waals surface area (Å²) in [5.41, 5.74) is 0.918. The number of aryl methyl sites for hydroxylation is 1. The molecule has 100 valence electrons. The third kappa shape index (κ3) is 3.32. The number of aromatic nitrogens is 2.